The maximum absolute atomic E-state index is 14.3. The second kappa shape index (κ2) is 8.33. The molecule has 138 valence electrons. The molecular weight excluding hydrogens is 344 g/mol. The van der Waals surface area contributed by atoms with Crippen LogP contribution < -0.4 is 19.5 Å². The van der Waals surface area contributed by atoms with Crippen molar-refractivity contribution in [2.24, 2.45) is 0 Å². The molecule has 0 saturated heterocycles. The minimum atomic E-state index is -3.39. The van der Waals surface area contributed by atoms with Crippen LogP contribution in [-0.2, 0) is 0 Å². The predicted octanol–water partition coefficient (Wildman–Crippen LogP) is 4.24. The summed E-state index contributed by atoms with van der Waals surface area (Å²) in [5.41, 5.74) is 0.566. The Kier molecular flexibility index (Phi) is 6.16. The number of carbonyl (C=O) groups excluding carboxylic acids is 1. The fourth-order valence-electron chi connectivity index (χ4n) is 2.38. The number of para-hydroxylation sites is 1. The molecule has 0 unspecified atom stereocenters. The first-order chi connectivity index (χ1) is 12.5. The van der Waals surface area contributed by atoms with Crippen molar-refractivity contribution >= 4 is 18.0 Å². The number of rotatable bonds is 8. The minimum Gasteiger partial charge on any atom is -0.493 e. The molecule has 0 fully saturated rings. The highest BCUT2D eigenvalue weighted by molar-refractivity contribution is 5.84. The smallest absolute Gasteiger partial charge is 0.343 e. The van der Waals surface area contributed by atoms with Gasteiger partial charge >= 0.3 is 6.05 Å². The number of benzene rings is 2. The van der Waals surface area contributed by atoms with E-state index in [9.17, 15) is 13.6 Å². The van der Waals surface area contributed by atoms with E-state index in [1.165, 1.54) is 39.5 Å². The molecule has 7 heteroatoms. The van der Waals surface area contributed by atoms with Crippen LogP contribution in [-0.4, -0.2) is 33.7 Å². The van der Waals surface area contributed by atoms with Gasteiger partial charge in [-0.1, -0.05) is 12.1 Å². The molecule has 0 aromatic heterocycles. The number of nitrogens with one attached hydrogen (secondary N) is 1. The standard InChI is InChI=1S/C19H19F2NO4/c1-24-16-9-8-13(17(25-2)18(16)26-3)10-11-19(20,21)22-15-7-5-4-6-14(15)12-23/h4-12,22H,1-3H3/b11-10+. The maximum atomic E-state index is 14.3. The molecule has 0 radical (unpaired) electrons. The Hall–Kier alpha value is -3.09. The molecule has 0 bridgehead atoms. The molecule has 0 amide bonds. The SMILES string of the molecule is COc1ccc(/C=C/C(F)(F)Nc2ccccc2C=O)c(OC)c1OC. The Morgan fingerprint density at radius 2 is 1.62 bits per heavy atom. The molecule has 0 spiro atoms. The number of hydrogen-bond acceptors (Lipinski definition) is 5. The average Bonchev–Trinajstić information content (AvgIpc) is 2.65. The molecular formula is C19H19F2NO4. The lowest BCUT2D eigenvalue weighted by atomic mass is 10.1. The van der Waals surface area contributed by atoms with Gasteiger partial charge in [0, 0.05) is 22.9 Å². The first-order valence-corrected chi connectivity index (χ1v) is 7.64. The molecule has 0 aliphatic rings. The largest absolute Gasteiger partial charge is 0.493 e. The zero-order valence-corrected chi connectivity index (χ0v) is 14.6. The number of hydrogen-bond donors (Lipinski definition) is 1. The molecule has 0 saturated carbocycles. The number of anilines is 1. The lowest BCUT2D eigenvalue weighted by molar-refractivity contribution is 0.0888. The van der Waals surface area contributed by atoms with Crippen LogP contribution in [0.3, 0.4) is 0 Å². The van der Waals surface area contributed by atoms with E-state index >= 15 is 0 Å². The highest BCUT2D eigenvalue weighted by Gasteiger charge is 2.26. The lowest BCUT2D eigenvalue weighted by Crippen LogP contribution is -2.25. The summed E-state index contributed by atoms with van der Waals surface area (Å²) in [5.74, 6) is 0.998. The van der Waals surface area contributed by atoms with Gasteiger partial charge in [-0.15, -0.1) is 0 Å². The van der Waals surface area contributed by atoms with E-state index in [1.54, 1.807) is 24.3 Å². The van der Waals surface area contributed by atoms with Crippen LogP contribution in [0.2, 0.25) is 0 Å². The molecule has 5 nitrogen and oxygen atoms in total. The third kappa shape index (κ3) is 4.30. The average molecular weight is 363 g/mol. The van der Waals surface area contributed by atoms with E-state index in [2.05, 4.69) is 0 Å². The number of methoxy groups -OCH3 is 3. The van der Waals surface area contributed by atoms with Gasteiger partial charge in [-0.2, -0.15) is 8.78 Å². The fraction of sp³-hybridized carbons (Fsp3) is 0.211. The lowest BCUT2D eigenvalue weighted by Gasteiger charge is -2.17. The van der Waals surface area contributed by atoms with Crippen LogP contribution in [0.1, 0.15) is 15.9 Å². The topological polar surface area (TPSA) is 56.8 Å². The molecule has 0 aliphatic heterocycles. The fourth-order valence-corrected chi connectivity index (χ4v) is 2.38. The summed E-state index contributed by atoms with van der Waals surface area (Å²) < 4.78 is 44.2. The molecule has 0 atom stereocenters. The molecule has 2 aromatic rings. The Bertz CT molecular complexity index is 806. The summed E-state index contributed by atoms with van der Waals surface area (Å²) in [7, 11) is 4.31. The van der Waals surface area contributed by atoms with Crippen LogP contribution in [0, 0.1) is 0 Å². The Morgan fingerprint density at radius 1 is 0.923 bits per heavy atom. The van der Waals surface area contributed by atoms with Crippen molar-refractivity contribution in [3.8, 4) is 17.2 Å². The Labute approximate surface area is 150 Å². The van der Waals surface area contributed by atoms with Crippen LogP contribution in [0.15, 0.2) is 42.5 Å². The van der Waals surface area contributed by atoms with Crippen molar-refractivity contribution in [3.05, 3.63) is 53.6 Å². The van der Waals surface area contributed by atoms with E-state index < -0.39 is 6.05 Å². The second-order valence-electron chi connectivity index (χ2n) is 5.21. The van der Waals surface area contributed by atoms with Crippen molar-refractivity contribution in [3.63, 3.8) is 0 Å². The van der Waals surface area contributed by atoms with Crippen molar-refractivity contribution in [2.45, 2.75) is 6.05 Å². The highest BCUT2D eigenvalue weighted by Crippen LogP contribution is 2.40. The van der Waals surface area contributed by atoms with Crippen LogP contribution in [0.25, 0.3) is 6.08 Å². The van der Waals surface area contributed by atoms with Crippen LogP contribution in [0.4, 0.5) is 14.5 Å². The van der Waals surface area contributed by atoms with Gasteiger partial charge in [0.05, 0.1) is 21.3 Å². The second-order valence-corrected chi connectivity index (χ2v) is 5.21. The minimum absolute atomic E-state index is 0.0384. The number of halogens is 2. The van der Waals surface area contributed by atoms with Gasteiger partial charge in [-0.3, -0.25) is 4.79 Å². The predicted molar refractivity (Wildman–Crippen MR) is 95.5 cm³/mol. The van der Waals surface area contributed by atoms with Crippen molar-refractivity contribution in [2.75, 3.05) is 26.6 Å². The van der Waals surface area contributed by atoms with E-state index in [0.717, 1.165) is 0 Å². The third-order valence-corrected chi connectivity index (χ3v) is 3.60. The van der Waals surface area contributed by atoms with Gasteiger partial charge in [0.1, 0.15) is 0 Å². The van der Waals surface area contributed by atoms with E-state index in [0.29, 0.717) is 29.4 Å². The summed E-state index contributed by atoms with van der Waals surface area (Å²) in [4.78, 5) is 11.0. The normalized spacial score (nSPS) is 11.3. The Balaban J connectivity index is 2.31. The van der Waals surface area contributed by atoms with Crippen molar-refractivity contribution < 1.29 is 27.8 Å². The summed E-state index contributed by atoms with van der Waals surface area (Å²) in [6.07, 6.45) is 2.40. The van der Waals surface area contributed by atoms with Gasteiger partial charge in [0.2, 0.25) is 5.75 Å². The molecule has 26 heavy (non-hydrogen) atoms. The van der Waals surface area contributed by atoms with E-state index in [-0.39, 0.29) is 17.0 Å². The molecule has 2 aromatic carbocycles. The van der Waals surface area contributed by atoms with Gasteiger partial charge in [-0.05, 0) is 30.3 Å². The number of ether oxygens (including phenoxy) is 3. The quantitative estimate of drug-likeness (QED) is 0.561. The Morgan fingerprint density at radius 3 is 2.23 bits per heavy atom. The van der Waals surface area contributed by atoms with E-state index in [4.69, 9.17) is 14.2 Å². The molecule has 2 rings (SSSR count). The van der Waals surface area contributed by atoms with Crippen LogP contribution >= 0.6 is 0 Å². The number of alkyl halides is 2. The van der Waals surface area contributed by atoms with Gasteiger partial charge in [0.25, 0.3) is 0 Å². The maximum Gasteiger partial charge on any atom is 0.343 e. The summed E-state index contributed by atoms with van der Waals surface area (Å²) in [6.45, 7) is 0. The zero-order chi connectivity index (χ0) is 19.2. The third-order valence-electron chi connectivity index (χ3n) is 3.60. The van der Waals surface area contributed by atoms with Crippen molar-refractivity contribution in [1.29, 1.82) is 0 Å². The summed E-state index contributed by atoms with van der Waals surface area (Å²) in [6, 6.07) is 5.79. The number of aldehydes is 1. The molecule has 0 aliphatic carbocycles. The highest BCUT2D eigenvalue weighted by atomic mass is 19.3. The molecule has 1 N–H and O–H groups in total. The van der Waals surface area contributed by atoms with Crippen LogP contribution in [0.5, 0.6) is 17.2 Å². The summed E-state index contributed by atoms with van der Waals surface area (Å²) in [5, 5.41) is 2.05. The first kappa shape index (κ1) is 19.2. The van der Waals surface area contributed by atoms with E-state index in [1.807, 2.05) is 5.32 Å². The monoisotopic (exact) mass is 363 g/mol. The number of carbonyl (C=O) groups is 1. The summed E-state index contributed by atoms with van der Waals surface area (Å²) >= 11 is 0. The first-order valence-electron chi connectivity index (χ1n) is 7.64. The van der Waals surface area contributed by atoms with Crippen molar-refractivity contribution in [1.82, 2.24) is 0 Å². The zero-order valence-electron chi connectivity index (χ0n) is 14.6. The van der Waals surface area contributed by atoms with Gasteiger partial charge in [0.15, 0.2) is 17.8 Å². The van der Waals surface area contributed by atoms with Gasteiger partial charge in [-0.25, -0.2) is 0 Å². The van der Waals surface area contributed by atoms with Gasteiger partial charge < -0.3 is 19.5 Å². The molecule has 0 heterocycles.